The molecule has 0 saturated carbocycles. The zero-order chi connectivity index (χ0) is 20.9. The topological polar surface area (TPSA) is 77.9 Å². The Balaban J connectivity index is 1.82. The molecule has 1 aliphatic heterocycles. The predicted molar refractivity (Wildman–Crippen MR) is 115 cm³/mol. The van der Waals surface area contributed by atoms with Gasteiger partial charge in [0, 0.05) is 18.3 Å². The highest BCUT2D eigenvalue weighted by molar-refractivity contribution is 7.91. The standard InChI is InChI=1S/C22H28N2O4S/c1-23(21(12-14-25)18-8-4-2-5-9-18)16-22(26)24(19-10-6-3-7-11-19)20-13-15-29(27,28)17-20/h2-11,20-21,25H,12-17H2,1H3/t20-,21+/m0/s1. The molecule has 0 spiro atoms. The van der Waals surface area contributed by atoms with E-state index in [2.05, 4.69) is 0 Å². The van der Waals surface area contributed by atoms with Crippen LogP contribution in [0.25, 0.3) is 0 Å². The van der Waals surface area contributed by atoms with Crippen LogP contribution < -0.4 is 4.90 Å². The fraction of sp³-hybridized carbons (Fsp3) is 0.409. The molecule has 0 bridgehead atoms. The van der Waals surface area contributed by atoms with Crippen LogP contribution in [0.15, 0.2) is 60.7 Å². The van der Waals surface area contributed by atoms with Gasteiger partial charge in [0.15, 0.2) is 9.84 Å². The quantitative estimate of drug-likeness (QED) is 0.714. The summed E-state index contributed by atoms with van der Waals surface area (Å²) < 4.78 is 24.0. The number of para-hydroxylation sites is 1. The minimum atomic E-state index is -3.12. The second-order valence-electron chi connectivity index (χ2n) is 7.51. The lowest BCUT2D eigenvalue weighted by Gasteiger charge is -2.33. The molecule has 1 N–H and O–H groups in total. The summed E-state index contributed by atoms with van der Waals surface area (Å²) >= 11 is 0. The van der Waals surface area contributed by atoms with Crippen LogP contribution in [0.4, 0.5) is 5.69 Å². The Labute approximate surface area is 172 Å². The van der Waals surface area contributed by atoms with Gasteiger partial charge < -0.3 is 10.0 Å². The van der Waals surface area contributed by atoms with Crippen LogP contribution in [0.3, 0.4) is 0 Å². The van der Waals surface area contributed by atoms with Crippen LogP contribution in [-0.4, -0.2) is 62.1 Å². The monoisotopic (exact) mass is 416 g/mol. The number of amides is 1. The molecule has 2 atom stereocenters. The first-order valence-corrected chi connectivity index (χ1v) is 11.7. The number of carbonyl (C=O) groups is 1. The highest BCUT2D eigenvalue weighted by Crippen LogP contribution is 2.27. The van der Waals surface area contributed by atoms with Crippen molar-refractivity contribution in [1.82, 2.24) is 4.90 Å². The van der Waals surface area contributed by atoms with Gasteiger partial charge in [-0.2, -0.15) is 0 Å². The minimum absolute atomic E-state index is 0.00387. The van der Waals surface area contributed by atoms with Crippen molar-refractivity contribution in [3.05, 3.63) is 66.2 Å². The molecule has 2 aromatic rings. The van der Waals surface area contributed by atoms with Gasteiger partial charge in [0.1, 0.15) is 0 Å². The molecule has 1 heterocycles. The summed E-state index contributed by atoms with van der Waals surface area (Å²) in [6.45, 7) is 0.145. The smallest absolute Gasteiger partial charge is 0.241 e. The van der Waals surface area contributed by atoms with Crippen LogP contribution >= 0.6 is 0 Å². The molecular weight excluding hydrogens is 388 g/mol. The highest BCUT2D eigenvalue weighted by Gasteiger charge is 2.36. The van der Waals surface area contributed by atoms with Crippen molar-refractivity contribution in [3.63, 3.8) is 0 Å². The van der Waals surface area contributed by atoms with Crippen molar-refractivity contribution in [2.45, 2.75) is 24.9 Å². The lowest BCUT2D eigenvalue weighted by molar-refractivity contribution is -0.120. The third kappa shape index (κ3) is 5.44. The Morgan fingerprint density at radius 2 is 1.72 bits per heavy atom. The first-order valence-electron chi connectivity index (χ1n) is 9.85. The number of aliphatic hydroxyl groups excluding tert-OH is 1. The number of sulfone groups is 1. The molecule has 3 rings (SSSR count). The molecule has 0 unspecified atom stereocenters. The molecule has 1 fully saturated rings. The number of hydrogen-bond donors (Lipinski definition) is 1. The largest absolute Gasteiger partial charge is 0.396 e. The van der Waals surface area contributed by atoms with E-state index in [1.54, 1.807) is 4.90 Å². The number of rotatable bonds is 8. The maximum absolute atomic E-state index is 13.3. The maximum atomic E-state index is 13.3. The van der Waals surface area contributed by atoms with Crippen LogP contribution in [0.1, 0.15) is 24.4 Å². The lowest BCUT2D eigenvalue weighted by atomic mass is 10.0. The first kappa shape index (κ1) is 21.5. The lowest BCUT2D eigenvalue weighted by Crippen LogP contribution is -2.46. The minimum Gasteiger partial charge on any atom is -0.396 e. The van der Waals surface area contributed by atoms with Gasteiger partial charge in [-0.1, -0.05) is 48.5 Å². The highest BCUT2D eigenvalue weighted by atomic mass is 32.2. The molecule has 6 nitrogen and oxygen atoms in total. The summed E-state index contributed by atoms with van der Waals surface area (Å²) in [7, 11) is -1.26. The number of aliphatic hydroxyl groups is 1. The fourth-order valence-corrected chi connectivity index (χ4v) is 5.66. The van der Waals surface area contributed by atoms with Crippen molar-refractivity contribution < 1.29 is 18.3 Å². The summed E-state index contributed by atoms with van der Waals surface area (Å²) in [5, 5.41) is 9.51. The maximum Gasteiger partial charge on any atom is 0.241 e. The van der Waals surface area contributed by atoms with Gasteiger partial charge in [-0.25, -0.2) is 8.42 Å². The molecule has 2 aromatic carbocycles. The van der Waals surface area contributed by atoms with Crippen molar-refractivity contribution in [1.29, 1.82) is 0 Å². The summed E-state index contributed by atoms with van der Waals surface area (Å²) in [6, 6.07) is 18.6. The van der Waals surface area contributed by atoms with E-state index in [4.69, 9.17) is 0 Å². The van der Waals surface area contributed by atoms with E-state index in [1.165, 1.54) is 0 Å². The Kier molecular flexibility index (Phi) is 7.05. The second-order valence-corrected chi connectivity index (χ2v) is 9.74. The molecule has 1 aliphatic rings. The number of carbonyl (C=O) groups excluding carboxylic acids is 1. The van der Waals surface area contributed by atoms with Gasteiger partial charge in [-0.3, -0.25) is 9.69 Å². The second kappa shape index (κ2) is 9.52. The molecule has 0 radical (unpaired) electrons. The van der Waals surface area contributed by atoms with E-state index in [0.717, 1.165) is 5.56 Å². The molecule has 1 saturated heterocycles. The van der Waals surface area contributed by atoms with E-state index in [1.807, 2.05) is 72.6 Å². The molecule has 1 amide bonds. The van der Waals surface area contributed by atoms with E-state index >= 15 is 0 Å². The first-order chi connectivity index (χ1) is 13.9. The van der Waals surface area contributed by atoms with E-state index in [-0.39, 0.29) is 42.6 Å². The van der Waals surface area contributed by atoms with Gasteiger partial charge in [-0.15, -0.1) is 0 Å². The van der Waals surface area contributed by atoms with E-state index in [0.29, 0.717) is 18.5 Å². The van der Waals surface area contributed by atoms with E-state index in [9.17, 15) is 18.3 Å². The van der Waals surface area contributed by atoms with Crippen molar-refractivity contribution in [3.8, 4) is 0 Å². The summed E-state index contributed by atoms with van der Waals surface area (Å²) in [5.41, 5.74) is 1.75. The number of benzene rings is 2. The molecule has 0 aromatic heterocycles. The number of hydrogen-bond acceptors (Lipinski definition) is 5. The molecular formula is C22H28N2O4S. The Morgan fingerprint density at radius 3 is 2.28 bits per heavy atom. The molecule has 0 aliphatic carbocycles. The normalized spacial score (nSPS) is 19.2. The van der Waals surface area contributed by atoms with Crippen LogP contribution in [-0.2, 0) is 14.6 Å². The molecule has 7 heteroatoms. The molecule has 156 valence electrons. The summed E-state index contributed by atoms with van der Waals surface area (Å²) in [6.07, 6.45) is 0.961. The zero-order valence-electron chi connectivity index (χ0n) is 16.6. The van der Waals surface area contributed by atoms with Gasteiger partial charge in [0.25, 0.3) is 0 Å². The van der Waals surface area contributed by atoms with Gasteiger partial charge >= 0.3 is 0 Å². The Hall–Kier alpha value is -2.22. The average Bonchev–Trinajstić information content (AvgIpc) is 3.06. The Bertz CT molecular complexity index is 903. The Morgan fingerprint density at radius 1 is 1.10 bits per heavy atom. The third-order valence-electron chi connectivity index (χ3n) is 5.38. The number of nitrogens with zero attached hydrogens (tertiary/aromatic N) is 2. The van der Waals surface area contributed by atoms with Crippen LogP contribution in [0.5, 0.6) is 0 Å². The average molecular weight is 417 g/mol. The molecule has 29 heavy (non-hydrogen) atoms. The van der Waals surface area contributed by atoms with Crippen LogP contribution in [0, 0.1) is 0 Å². The van der Waals surface area contributed by atoms with E-state index < -0.39 is 9.84 Å². The third-order valence-corrected chi connectivity index (χ3v) is 7.13. The summed E-state index contributed by atoms with van der Waals surface area (Å²) in [5.74, 6) is -0.0307. The van der Waals surface area contributed by atoms with Gasteiger partial charge in [0.05, 0.1) is 24.1 Å². The van der Waals surface area contributed by atoms with Crippen molar-refractivity contribution in [2.24, 2.45) is 0 Å². The van der Waals surface area contributed by atoms with Crippen molar-refractivity contribution >= 4 is 21.4 Å². The van der Waals surface area contributed by atoms with Gasteiger partial charge in [0.2, 0.25) is 5.91 Å². The number of likely N-dealkylation sites (N-methyl/N-ethyl adjacent to an activating group) is 1. The van der Waals surface area contributed by atoms with Gasteiger partial charge in [-0.05, 0) is 37.6 Å². The predicted octanol–water partition coefficient (Wildman–Crippen LogP) is 2.26. The SMILES string of the molecule is CN(CC(=O)N(c1ccccc1)[C@H]1CCS(=O)(=O)C1)[C@H](CCO)c1ccccc1. The van der Waals surface area contributed by atoms with Crippen LogP contribution in [0.2, 0.25) is 0 Å². The fourth-order valence-electron chi connectivity index (χ4n) is 3.96. The number of anilines is 1. The van der Waals surface area contributed by atoms with Crippen molar-refractivity contribution in [2.75, 3.05) is 36.6 Å². The summed E-state index contributed by atoms with van der Waals surface area (Å²) in [4.78, 5) is 16.9. The zero-order valence-corrected chi connectivity index (χ0v) is 17.5.